The Balaban J connectivity index is 2.05. The minimum atomic E-state index is 0.838. The predicted molar refractivity (Wildman–Crippen MR) is 91.5 cm³/mol. The third kappa shape index (κ3) is 3.43. The van der Waals surface area contributed by atoms with Crippen LogP contribution in [0, 0.1) is 0 Å². The van der Waals surface area contributed by atoms with Gasteiger partial charge in [-0.2, -0.15) is 0 Å². The Morgan fingerprint density at radius 3 is 1.78 bits per heavy atom. The van der Waals surface area contributed by atoms with Crippen LogP contribution in [-0.4, -0.2) is 23.8 Å². The van der Waals surface area contributed by atoms with E-state index in [1.54, 1.807) is 26.7 Å². The van der Waals surface area contributed by atoms with Gasteiger partial charge in [-0.05, 0) is 35.4 Å². The van der Waals surface area contributed by atoms with Gasteiger partial charge in [-0.3, -0.25) is 0 Å². The van der Waals surface area contributed by atoms with E-state index in [-0.39, 0.29) is 0 Å². The van der Waals surface area contributed by atoms with E-state index < -0.39 is 0 Å². The average Bonchev–Trinajstić information content (AvgIpc) is 3.13. The largest absolute Gasteiger partial charge is 0.497 e. The van der Waals surface area contributed by atoms with E-state index in [2.05, 4.69) is 11.2 Å². The lowest BCUT2D eigenvalue weighted by atomic mass is 9.98. The van der Waals surface area contributed by atoms with Crippen molar-refractivity contribution in [2.75, 3.05) is 14.2 Å². The van der Waals surface area contributed by atoms with Gasteiger partial charge < -0.3 is 14.0 Å². The standard InChI is InChI=1S/C19H18N2O2/c1-22-17-7-3-15(4-8-17)19(13-21-12-11-20-14-21)16-5-9-18(23-2)10-6-16/h3-14H,1-2H3. The third-order valence-corrected chi connectivity index (χ3v) is 3.61. The smallest absolute Gasteiger partial charge is 0.118 e. The van der Waals surface area contributed by atoms with Crippen molar-refractivity contribution in [3.05, 3.63) is 78.4 Å². The normalized spacial score (nSPS) is 10.2. The number of hydrogen-bond acceptors (Lipinski definition) is 3. The molecule has 4 heteroatoms. The number of aromatic nitrogens is 2. The number of hydrogen-bond donors (Lipinski definition) is 0. The molecule has 3 rings (SSSR count). The summed E-state index contributed by atoms with van der Waals surface area (Å²) in [6.45, 7) is 0. The SMILES string of the molecule is COc1ccc(C(=Cn2ccnc2)c2ccc(OC)cc2)cc1. The Morgan fingerprint density at radius 2 is 1.39 bits per heavy atom. The first-order valence-corrected chi connectivity index (χ1v) is 7.28. The number of nitrogens with zero attached hydrogens (tertiary/aromatic N) is 2. The summed E-state index contributed by atoms with van der Waals surface area (Å²) in [7, 11) is 3.33. The van der Waals surface area contributed by atoms with E-state index in [9.17, 15) is 0 Å². The highest BCUT2D eigenvalue weighted by atomic mass is 16.5. The minimum Gasteiger partial charge on any atom is -0.497 e. The minimum absolute atomic E-state index is 0.838. The van der Waals surface area contributed by atoms with Crippen molar-refractivity contribution >= 4 is 11.8 Å². The van der Waals surface area contributed by atoms with Gasteiger partial charge in [0.25, 0.3) is 0 Å². The molecular weight excluding hydrogens is 288 g/mol. The highest BCUT2D eigenvalue weighted by Gasteiger charge is 2.07. The molecule has 0 bridgehead atoms. The van der Waals surface area contributed by atoms with Crippen molar-refractivity contribution in [1.82, 2.24) is 9.55 Å². The van der Waals surface area contributed by atoms with Gasteiger partial charge in [-0.25, -0.2) is 4.98 Å². The van der Waals surface area contributed by atoms with Crippen LogP contribution in [0.4, 0.5) is 0 Å². The van der Waals surface area contributed by atoms with Gasteiger partial charge in [0.2, 0.25) is 0 Å². The first-order valence-electron chi connectivity index (χ1n) is 7.28. The van der Waals surface area contributed by atoms with Crippen LogP contribution >= 0.6 is 0 Å². The molecular formula is C19H18N2O2. The molecule has 0 unspecified atom stereocenters. The topological polar surface area (TPSA) is 36.3 Å². The molecule has 3 aromatic rings. The molecule has 0 saturated heterocycles. The van der Waals surface area contributed by atoms with E-state index in [1.807, 2.05) is 59.3 Å². The monoisotopic (exact) mass is 306 g/mol. The average molecular weight is 306 g/mol. The number of rotatable bonds is 5. The summed E-state index contributed by atoms with van der Waals surface area (Å²) in [5.74, 6) is 1.68. The van der Waals surface area contributed by atoms with Gasteiger partial charge in [-0.15, -0.1) is 0 Å². The van der Waals surface area contributed by atoms with E-state index in [0.717, 1.165) is 28.2 Å². The first kappa shape index (κ1) is 14.9. The number of imidazole rings is 1. The molecule has 4 nitrogen and oxygen atoms in total. The number of benzene rings is 2. The molecule has 116 valence electrons. The summed E-state index contributed by atoms with van der Waals surface area (Å²) in [5.41, 5.74) is 3.29. The van der Waals surface area contributed by atoms with Crippen molar-refractivity contribution in [3.63, 3.8) is 0 Å². The predicted octanol–water partition coefficient (Wildman–Crippen LogP) is 3.95. The molecule has 1 heterocycles. The quantitative estimate of drug-likeness (QED) is 0.716. The van der Waals surface area contributed by atoms with Crippen molar-refractivity contribution in [2.45, 2.75) is 0 Å². The summed E-state index contributed by atoms with van der Waals surface area (Å²) in [5, 5.41) is 0. The highest BCUT2D eigenvalue weighted by molar-refractivity contribution is 5.87. The molecule has 0 amide bonds. The van der Waals surface area contributed by atoms with Gasteiger partial charge in [0.1, 0.15) is 11.5 Å². The summed E-state index contributed by atoms with van der Waals surface area (Å²) in [6, 6.07) is 16.0. The lowest BCUT2D eigenvalue weighted by molar-refractivity contribution is 0.414. The summed E-state index contributed by atoms with van der Waals surface area (Å²) >= 11 is 0. The number of methoxy groups -OCH3 is 2. The molecule has 0 atom stereocenters. The molecule has 2 aromatic carbocycles. The van der Waals surface area contributed by atoms with Crippen LogP contribution in [0.1, 0.15) is 11.1 Å². The maximum Gasteiger partial charge on any atom is 0.118 e. The van der Waals surface area contributed by atoms with Crippen LogP contribution in [0.2, 0.25) is 0 Å². The van der Waals surface area contributed by atoms with Gasteiger partial charge in [0.05, 0.1) is 20.5 Å². The van der Waals surface area contributed by atoms with Gasteiger partial charge >= 0.3 is 0 Å². The zero-order chi connectivity index (χ0) is 16.1. The second-order valence-electron chi connectivity index (χ2n) is 5.01. The summed E-state index contributed by atoms with van der Waals surface area (Å²) in [4.78, 5) is 4.10. The van der Waals surface area contributed by atoms with E-state index in [4.69, 9.17) is 9.47 Å². The highest BCUT2D eigenvalue weighted by Crippen LogP contribution is 2.27. The molecule has 1 aromatic heterocycles. The second kappa shape index (κ2) is 6.83. The Labute approximate surface area is 135 Å². The van der Waals surface area contributed by atoms with Gasteiger partial charge in [-0.1, -0.05) is 24.3 Å². The molecule has 0 aliphatic carbocycles. The van der Waals surface area contributed by atoms with Crippen molar-refractivity contribution in [1.29, 1.82) is 0 Å². The zero-order valence-corrected chi connectivity index (χ0v) is 13.1. The zero-order valence-electron chi connectivity index (χ0n) is 13.1. The molecule has 0 aliphatic heterocycles. The Bertz CT molecular complexity index is 724. The molecule has 0 spiro atoms. The van der Waals surface area contributed by atoms with Crippen LogP contribution < -0.4 is 9.47 Å². The molecule has 0 saturated carbocycles. The van der Waals surface area contributed by atoms with Crippen molar-refractivity contribution in [2.24, 2.45) is 0 Å². The molecule has 0 N–H and O–H groups in total. The van der Waals surface area contributed by atoms with E-state index in [1.165, 1.54) is 0 Å². The summed E-state index contributed by atoms with van der Waals surface area (Å²) in [6.07, 6.45) is 7.49. The fourth-order valence-corrected chi connectivity index (χ4v) is 2.35. The van der Waals surface area contributed by atoms with E-state index >= 15 is 0 Å². The van der Waals surface area contributed by atoms with E-state index in [0.29, 0.717) is 0 Å². The summed E-state index contributed by atoms with van der Waals surface area (Å²) < 4.78 is 12.4. The Hall–Kier alpha value is -3.01. The van der Waals surface area contributed by atoms with Crippen molar-refractivity contribution < 1.29 is 9.47 Å². The second-order valence-corrected chi connectivity index (χ2v) is 5.01. The third-order valence-electron chi connectivity index (χ3n) is 3.61. The van der Waals surface area contributed by atoms with Crippen LogP contribution in [0.5, 0.6) is 11.5 Å². The fraction of sp³-hybridized carbons (Fsp3) is 0.105. The number of ether oxygens (including phenoxy) is 2. The maximum atomic E-state index is 5.24. The van der Waals surface area contributed by atoms with Gasteiger partial charge in [0.15, 0.2) is 0 Å². The Kier molecular flexibility index (Phi) is 4.43. The Morgan fingerprint density at radius 1 is 0.870 bits per heavy atom. The molecule has 0 fully saturated rings. The lowest BCUT2D eigenvalue weighted by Crippen LogP contribution is -1.93. The fourth-order valence-electron chi connectivity index (χ4n) is 2.35. The maximum absolute atomic E-state index is 5.24. The van der Waals surface area contributed by atoms with Crippen LogP contribution in [0.25, 0.3) is 11.8 Å². The van der Waals surface area contributed by atoms with Gasteiger partial charge in [0, 0.05) is 24.2 Å². The van der Waals surface area contributed by atoms with Crippen LogP contribution in [-0.2, 0) is 0 Å². The molecule has 23 heavy (non-hydrogen) atoms. The van der Waals surface area contributed by atoms with Crippen LogP contribution in [0.15, 0.2) is 67.3 Å². The molecule has 0 radical (unpaired) electrons. The first-order chi connectivity index (χ1) is 11.3. The molecule has 0 aliphatic rings. The lowest BCUT2D eigenvalue weighted by Gasteiger charge is -2.11. The van der Waals surface area contributed by atoms with Crippen molar-refractivity contribution in [3.8, 4) is 11.5 Å². The van der Waals surface area contributed by atoms with Crippen LogP contribution in [0.3, 0.4) is 0 Å².